The van der Waals surface area contributed by atoms with Crippen LogP contribution in [-0.2, 0) is 9.53 Å². The topological polar surface area (TPSA) is 128 Å². The molecule has 0 heterocycles. The number of amides is 3. The van der Waals surface area contributed by atoms with Crippen molar-refractivity contribution >= 4 is 35.1 Å². The smallest absolute Gasteiger partial charge is 0.338 e. The standard InChI is InChI=1S/C21H23N3O5/c1-3-5-18(25)23-16-10-8-14(9-11-16)19(26)13(2)29-20(27)15-6-4-7-17(12-15)24-21(22)28/h4,6-13H,3,5H2,1-2H3,(H,23,25)(H3,22,24,28)/t13-/m1/s1. The molecule has 0 fully saturated rings. The molecule has 4 N–H and O–H groups in total. The maximum atomic E-state index is 12.5. The number of urea groups is 1. The van der Waals surface area contributed by atoms with Gasteiger partial charge in [-0.2, -0.15) is 0 Å². The van der Waals surface area contributed by atoms with E-state index < -0.39 is 18.1 Å². The van der Waals surface area contributed by atoms with Gasteiger partial charge in [0.25, 0.3) is 0 Å². The number of carbonyl (C=O) groups is 4. The van der Waals surface area contributed by atoms with Crippen molar-refractivity contribution in [3.63, 3.8) is 0 Å². The number of Topliss-reactive ketones (excluding diaryl/α,β-unsaturated/α-hetero) is 1. The van der Waals surface area contributed by atoms with E-state index in [1.165, 1.54) is 19.1 Å². The highest BCUT2D eigenvalue weighted by Crippen LogP contribution is 2.16. The van der Waals surface area contributed by atoms with Crippen LogP contribution in [0.3, 0.4) is 0 Å². The zero-order chi connectivity index (χ0) is 21.4. The second-order valence-corrected chi connectivity index (χ2v) is 6.36. The monoisotopic (exact) mass is 397 g/mol. The van der Waals surface area contributed by atoms with Gasteiger partial charge in [0.2, 0.25) is 11.7 Å². The van der Waals surface area contributed by atoms with Gasteiger partial charge in [0.1, 0.15) is 0 Å². The number of hydrogen-bond acceptors (Lipinski definition) is 5. The van der Waals surface area contributed by atoms with Crippen LogP contribution in [0.15, 0.2) is 48.5 Å². The van der Waals surface area contributed by atoms with Crippen LogP contribution >= 0.6 is 0 Å². The summed E-state index contributed by atoms with van der Waals surface area (Å²) in [4.78, 5) is 47.4. The summed E-state index contributed by atoms with van der Waals surface area (Å²) in [6.07, 6.45) is 0.146. The van der Waals surface area contributed by atoms with Gasteiger partial charge < -0.3 is 21.1 Å². The molecule has 8 heteroatoms. The van der Waals surface area contributed by atoms with Gasteiger partial charge in [-0.3, -0.25) is 9.59 Å². The van der Waals surface area contributed by atoms with Crippen LogP contribution in [0.1, 0.15) is 47.4 Å². The molecule has 2 aromatic rings. The lowest BCUT2D eigenvalue weighted by Gasteiger charge is -2.13. The highest BCUT2D eigenvalue weighted by molar-refractivity contribution is 6.02. The van der Waals surface area contributed by atoms with Gasteiger partial charge in [0.15, 0.2) is 6.10 Å². The molecule has 1 atom stereocenters. The van der Waals surface area contributed by atoms with Crippen molar-refractivity contribution in [3.05, 3.63) is 59.7 Å². The molecule has 0 bridgehead atoms. The van der Waals surface area contributed by atoms with E-state index in [4.69, 9.17) is 10.5 Å². The number of ketones is 1. The minimum Gasteiger partial charge on any atom is -0.451 e. The molecule has 0 aliphatic heterocycles. The number of ether oxygens (including phenoxy) is 1. The molecule has 3 amide bonds. The van der Waals surface area contributed by atoms with Crippen molar-refractivity contribution in [3.8, 4) is 0 Å². The molecule has 0 saturated heterocycles. The molecule has 0 saturated carbocycles. The zero-order valence-electron chi connectivity index (χ0n) is 16.2. The fraction of sp³-hybridized carbons (Fsp3) is 0.238. The summed E-state index contributed by atoms with van der Waals surface area (Å²) in [5.41, 5.74) is 6.50. The molecular formula is C21H23N3O5. The molecule has 29 heavy (non-hydrogen) atoms. The van der Waals surface area contributed by atoms with Crippen LogP contribution in [-0.4, -0.2) is 29.8 Å². The number of nitrogens with two attached hydrogens (primary N) is 1. The van der Waals surface area contributed by atoms with Crippen molar-refractivity contribution in [2.45, 2.75) is 32.8 Å². The summed E-state index contributed by atoms with van der Waals surface area (Å²) >= 11 is 0. The van der Waals surface area contributed by atoms with E-state index in [1.807, 2.05) is 6.92 Å². The average molecular weight is 397 g/mol. The summed E-state index contributed by atoms with van der Waals surface area (Å²) in [7, 11) is 0. The molecule has 0 spiro atoms. The molecule has 0 aromatic heterocycles. The Labute approximate surface area is 168 Å². The fourth-order valence-corrected chi connectivity index (χ4v) is 2.55. The molecular weight excluding hydrogens is 374 g/mol. The minimum atomic E-state index is -1.02. The van der Waals surface area contributed by atoms with Gasteiger partial charge in [-0.15, -0.1) is 0 Å². The lowest BCUT2D eigenvalue weighted by atomic mass is 10.1. The molecule has 2 rings (SSSR count). The number of carbonyl (C=O) groups excluding carboxylic acids is 4. The fourth-order valence-electron chi connectivity index (χ4n) is 2.55. The summed E-state index contributed by atoms with van der Waals surface area (Å²) < 4.78 is 5.24. The van der Waals surface area contributed by atoms with E-state index in [-0.39, 0.29) is 17.3 Å². The summed E-state index contributed by atoms with van der Waals surface area (Å²) in [5, 5.41) is 5.10. The van der Waals surface area contributed by atoms with Gasteiger partial charge in [-0.1, -0.05) is 13.0 Å². The van der Waals surface area contributed by atoms with Crippen LogP contribution in [0.25, 0.3) is 0 Å². The van der Waals surface area contributed by atoms with E-state index in [2.05, 4.69) is 10.6 Å². The predicted octanol–water partition coefficient (Wildman–Crippen LogP) is 3.34. The van der Waals surface area contributed by atoms with E-state index in [9.17, 15) is 19.2 Å². The van der Waals surface area contributed by atoms with Crippen LogP contribution in [0.5, 0.6) is 0 Å². The van der Waals surface area contributed by atoms with E-state index >= 15 is 0 Å². The zero-order valence-corrected chi connectivity index (χ0v) is 16.2. The predicted molar refractivity (Wildman–Crippen MR) is 109 cm³/mol. The molecule has 0 radical (unpaired) electrons. The number of hydrogen-bond donors (Lipinski definition) is 3. The lowest BCUT2D eigenvalue weighted by Crippen LogP contribution is -2.24. The first-order valence-electron chi connectivity index (χ1n) is 9.11. The first-order valence-corrected chi connectivity index (χ1v) is 9.11. The molecule has 8 nitrogen and oxygen atoms in total. The molecule has 2 aromatic carbocycles. The summed E-state index contributed by atoms with van der Waals surface area (Å²) in [5.74, 6) is -1.18. The quantitative estimate of drug-likeness (QED) is 0.465. The largest absolute Gasteiger partial charge is 0.451 e. The number of rotatable bonds is 8. The third-order valence-corrected chi connectivity index (χ3v) is 3.95. The number of primary amides is 1. The number of benzene rings is 2. The van der Waals surface area contributed by atoms with Crippen molar-refractivity contribution in [2.75, 3.05) is 10.6 Å². The van der Waals surface area contributed by atoms with Crippen molar-refractivity contribution in [1.29, 1.82) is 0 Å². The van der Waals surface area contributed by atoms with E-state index in [0.717, 1.165) is 6.42 Å². The Kier molecular flexibility index (Phi) is 7.47. The summed E-state index contributed by atoms with van der Waals surface area (Å²) in [6, 6.07) is 11.6. The third-order valence-electron chi connectivity index (χ3n) is 3.95. The third kappa shape index (κ3) is 6.46. The Morgan fingerprint density at radius 2 is 1.66 bits per heavy atom. The molecule has 0 unspecified atom stereocenters. The van der Waals surface area contributed by atoms with Gasteiger partial charge in [0, 0.05) is 23.4 Å². The van der Waals surface area contributed by atoms with Gasteiger partial charge in [-0.25, -0.2) is 9.59 Å². The number of anilines is 2. The van der Waals surface area contributed by atoms with Crippen LogP contribution in [0.4, 0.5) is 16.2 Å². The molecule has 0 aliphatic rings. The maximum Gasteiger partial charge on any atom is 0.338 e. The summed E-state index contributed by atoms with van der Waals surface area (Å²) in [6.45, 7) is 3.39. The SMILES string of the molecule is CCCC(=O)Nc1ccc(C(=O)[C@@H](C)OC(=O)c2cccc(NC(N)=O)c2)cc1. The highest BCUT2D eigenvalue weighted by atomic mass is 16.5. The normalized spacial score (nSPS) is 11.2. The lowest BCUT2D eigenvalue weighted by molar-refractivity contribution is -0.116. The average Bonchev–Trinajstić information content (AvgIpc) is 2.67. The Morgan fingerprint density at radius 3 is 2.28 bits per heavy atom. The van der Waals surface area contributed by atoms with Gasteiger partial charge >= 0.3 is 12.0 Å². The van der Waals surface area contributed by atoms with Crippen LogP contribution < -0.4 is 16.4 Å². The van der Waals surface area contributed by atoms with Crippen LogP contribution in [0.2, 0.25) is 0 Å². The first kappa shape index (κ1) is 21.6. The van der Waals surface area contributed by atoms with Crippen molar-refractivity contribution in [2.24, 2.45) is 5.73 Å². The van der Waals surface area contributed by atoms with Gasteiger partial charge in [0.05, 0.1) is 5.56 Å². The highest BCUT2D eigenvalue weighted by Gasteiger charge is 2.20. The number of nitrogens with one attached hydrogen (secondary N) is 2. The Morgan fingerprint density at radius 1 is 0.966 bits per heavy atom. The Balaban J connectivity index is 2.00. The molecule has 152 valence electrons. The number of esters is 1. The second kappa shape index (κ2) is 10.0. The molecule has 0 aliphatic carbocycles. The second-order valence-electron chi connectivity index (χ2n) is 6.36. The Bertz CT molecular complexity index is 909. The van der Waals surface area contributed by atoms with Gasteiger partial charge in [-0.05, 0) is 55.8 Å². The maximum absolute atomic E-state index is 12.5. The van der Waals surface area contributed by atoms with Crippen LogP contribution in [0, 0.1) is 0 Å². The first-order chi connectivity index (χ1) is 13.8. The minimum absolute atomic E-state index is 0.0954. The van der Waals surface area contributed by atoms with Crippen molar-refractivity contribution in [1.82, 2.24) is 0 Å². The van der Waals surface area contributed by atoms with E-state index in [1.54, 1.807) is 36.4 Å². The Hall–Kier alpha value is -3.68. The van der Waals surface area contributed by atoms with Crippen molar-refractivity contribution < 1.29 is 23.9 Å². The van der Waals surface area contributed by atoms with E-state index in [0.29, 0.717) is 23.4 Å².